The third kappa shape index (κ3) is 6.00. The van der Waals surface area contributed by atoms with E-state index >= 15 is 0 Å². The minimum absolute atomic E-state index is 0.0310. The van der Waals surface area contributed by atoms with E-state index in [1.165, 1.54) is 0 Å². The topological polar surface area (TPSA) is 43.9 Å². The Balaban J connectivity index is 4.44. The van der Waals surface area contributed by atoms with Crippen molar-refractivity contribution >= 4 is 11.8 Å². The summed E-state index contributed by atoms with van der Waals surface area (Å²) >= 11 is 0. The van der Waals surface area contributed by atoms with Gasteiger partial charge in [0.25, 0.3) is 0 Å². The lowest BCUT2D eigenvalue weighted by Gasteiger charge is -2.27. The van der Waals surface area contributed by atoms with Crippen LogP contribution in [-0.4, -0.2) is 73.3 Å². The molecule has 0 saturated carbocycles. The fraction of sp³-hybridized carbons (Fsp3) is 0.846. The van der Waals surface area contributed by atoms with Gasteiger partial charge in [0.05, 0.1) is 13.1 Å². The predicted molar refractivity (Wildman–Crippen MR) is 73.3 cm³/mol. The first-order valence-electron chi connectivity index (χ1n) is 6.47. The lowest BCUT2D eigenvalue weighted by atomic mass is 10.3. The molecule has 0 aliphatic rings. The van der Waals surface area contributed by atoms with Gasteiger partial charge in [-0.25, -0.2) is 0 Å². The van der Waals surface area contributed by atoms with Crippen molar-refractivity contribution in [3.05, 3.63) is 0 Å². The van der Waals surface area contributed by atoms with Crippen molar-refractivity contribution in [3.8, 4) is 0 Å². The number of likely N-dealkylation sites (N-methyl/N-ethyl adjacent to an activating group) is 2. The van der Waals surface area contributed by atoms with Gasteiger partial charge in [-0.2, -0.15) is 0 Å². The quantitative estimate of drug-likeness (QED) is 0.673. The van der Waals surface area contributed by atoms with Gasteiger partial charge in [0.1, 0.15) is 0 Å². The standard InChI is InChI=1S/C13H27N3O2/c1-7-8-16(9-12(17)14(4)5)10-13(18)15(6)11(2)3/h11H,7-10H2,1-6H3. The van der Waals surface area contributed by atoms with Crippen LogP contribution < -0.4 is 0 Å². The fourth-order valence-electron chi connectivity index (χ4n) is 1.45. The summed E-state index contributed by atoms with van der Waals surface area (Å²) in [5.74, 6) is 0.0912. The molecule has 0 aromatic heterocycles. The van der Waals surface area contributed by atoms with E-state index in [1.54, 1.807) is 30.9 Å². The van der Waals surface area contributed by atoms with Gasteiger partial charge in [0.15, 0.2) is 0 Å². The molecule has 0 heterocycles. The Hall–Kier alpha value is -1.10. The largest absolute Gasteiger partial charge is 0.348 e. The van der Waals surface area contributed by atoms with Crippen LogP contribution in [0.2, 0.25) is 0 Å². The zero-order chi connectivity index (χ0) is 14.3. The lowest BCUT2D eigenvalue weighted by Crippen LogP contribution is -2.45. The molecule has 0 bridgehead atoms. The van der Waals surface area contributed by atoms with Gasteiger partial charge >= 0.3 is 0 Å². The van der Waals surface area contributed by atoms with Crippen molar-refractivity contribution in [2.24, 2.45) is 0 Å². The first-order valence-corrected chi connectivity index (χ1v) is 6.47. The summed E-state index contributed by atoms with van der Waals surface area (Å²) in [5, 5.41) is 0. The van der Waals surface area contributed by atoms with Gasteiger partial charge in [-0.1, -0.05) is 6.92 Å². The molecule has 0 aliphatic carbocycles. The Morgan fingerprint density at radius 1 is 1.00 bits per heavy atom. The average Bonchev–Trinajstić information content (AvgIpc) is 2.27. The van der Waals surface area contributed by atoms with Gasteiger partial charge in [0, 0.05) is 27.2 Å². The van der Waals surface area contributed by atoms with Crippen LogP contribution in [0.3, 0.4) is 0 Å². The maximum Gasteiger partial charge on any atom is 0.236 e. The zero-order valence-corrected chi connectivity index (χ0v) is 12.6. The minimum Gasteiger partial charge on any atom is -0.348 e. The fourth-order valence-corrected chi connectivity index (χ4v) is 1.45. The van der Waals surface area contributed by atoms with Gasteiger partial charge in [-0.3, -0.25) is 14.5 Å². The highest BCUT2D eigenvalue weighted by molar-refractivity contribution is 5.81. The maximum absolute atomic E-state index is 12.0. The number of carbonyl (C=O) groups is 2. The van der Waals surface area contributed by atoms with Crippen molar-refractivity contribution in [2.75, 3.05) is 40.8 Å². The van der Waals surface area contributed by atoms with Crippen LogP contribution in [0.5, 0.6) is 0 Å². The Morgan fingerprint density at radius 2 is 1.50 bits per heavy atom. The van der Waals surface area contributed by atoms with Crippen LogP contribution >= 0.6 is 0 Å². The summed E-state index contributed by atoms with van der Waals surface area (Å²) in [4.78, 5) is 28.8. The molecule has 0 unspecified atom stereocenters. The van der Waals surface area contributed by atoms with E-state index in [2.05, 4.69) is 0 Å². The molecule has 0 rings (SSSR count). The van der Waals surface area contributed by atoms with Crippen molar-refractivity contribution < 1.29 is 9.59 Å². The number of hydrogen-bond acceptors (Lipinski definition) is 3. The number of hydrogen-bond donors (Lipinski definition) is 0. The molecule has 0 aliphatic heterocycles. The molecular weight excluding hydrogens is 230 g/mol. The van der Waals surface area contributed by atoms with Crippen LogP contribution in [0.1, 0.15) is 27.2 Å². The molecule has 106 valence electrons. The first kappa shape index (κ1) is 16.9. The number of amides is 2. The minimum atomic E-state index is 0.0310. The Labute approximate surface area is 111 Å². The van der Waals surface area contributed by atoms with E-state index in [0.29, 0.717) is 13.1 Å². The molecule has 0 radical (unpaired) electrons. The molecule has 0 spiro atoms. The normalized spacial score (nSPS) is 10.9. The Kier molecular flexibility index (Phi) is 7.59. The predicted octanol–water partition coefficient (Wildman–Crippen LogP) is 0.653. The van der Waals surface area contributed by atoms with E-state index in [9.17, 15) is 9.59 Å². The molecule has 0 aromatic rings. The zero-order valence-electron chi connectivity index (χ0n) is 12.6. The highest BCUT2D eigenvalue weighted by Gasteiger charge is 2.18. The molecular formula is C13H27N3O2. The highest BCUT2D eigenvalue weighted by Crippen LogP contribution is 1.99. The summed E-state index contributed by atoms with van der Waals surface area (Å²) in [6.45, 7) is 7.38. The van der Waals surface area contributed by atoms with Crippen LogP contribution in [-0.2, 0) is 9.59 Å². The van der Waals surface area contributed by atoms with E-state index < -0.39 is 0 Å². The number of nitrogens with zero attached hydrogens (tertiary/aromatic N) is 3. The van der Waals surface area contributed by atoms with Crippen molar-refractivity contribution in [3.63, 3.8) is 0 Å². The maximum atomic E-state index is 12.0. The monoisotopic (exact) mass is 257 g/mol. The second-order valence-corrected chi connectivity index (χ2v) is 5.10. The van der Waals surface area contributed by atoms with Gasteiger partial charge < -0.3 is 9.80 Å². The van der Waals surface area contributed by atoms with Crippen molar-refractivity contribution in [2.45, 2.75) is 33.2 Å². The summed E-state index contributed by atoms with van der Waals surface area (Å²) < 4.78 is 0. The smallest absolute Gasteiger partial charge is 0.236 e. The van der Waals surface area contributed by atoms with Gasteiger partial charge in [-0.15, -0.1) is 0 Å². The summed E-state index contributed by atoms with van der Waals surface area (Å²) in [6.07, 6.45) is 0.930. The number of rotatable bonds is 7. The van der Waals surface area contributed by atoms with Crippen LogP contribution in [0.15, 0.2) is 0 Å². The van der Waals surface area contributed by atoms with Gasteiger partial charge in [0.2, 0.25) is 11.8 Å². The highest BCUT2D eigenvalue weighted by atomic mass is 16.2. The molecule has 5 nitrogen and oxygen atoms in total. The first-order chi connectivity index (χ1) is 8.29. The number of carbonyl (C=O) groups excluding carboxylic acids is 2. The van der Waals surface area contributed by atoms with Crippen molar-refractivity contribution in [1.82, 2.24) is 14.7 Å². The molecule has 2 amide bonds. The molecule has 0 aromatic carbocycles. The summed E-state index contributed by atoms with van der Waals surface area (Å²) in [5.41, 5.74) is 0. The van der Waals surface area contributed by atoms with E-state index in [0.717, 1.165) is 13.0 Å². The summed E-state index contributed by atoms with van der Waals surface area (Å²) in [7, 11) is 5.26. The second-order valence-electron chi connectivity index (χ2n) is 5.10. The molecule has 0 atom stereocenters. The summed E-state index contributed by atoms with van der Waals surface area (Å²) in [6, 6.07) is 0.186. The van der Waals surface area contributed by atoms with Crippen molar-refractivity contribution in [1.29, 1.82) is 0 Å². The van der Waals surface area contributed by atoms with Crippen LogP contribution in [0, 0.1) is 0 Å². The SMILES string of the molecule is CCCN(CC(=O)N(C)C)CC(=O)N(C)C(C)C. The molecule has 0 saturated heterocycles. The molecule has 0 N–H and O–H groups in total. The Morgan fingerprint density at radius 3 is 1.89 bits per heavy atom. The lowest BCUT2D eigenvalue weighted by molar-refractivity contribution is -0.134. The average molecular weight is 257 g/mol. The van der Waals surface area contributed by atoms with E-state index in [4.69, 9.17) is 0 Å². The van der Waals surface area contributed by atoms with E-state index in [-0.39, 0.29) is 17.9 Å². The van der Waals surface area contributed by atoms with Gasteiger partial charge in [-0.05, 0) is 26.8 Å². The molecule has 0 fully saturated rings. The van der Waals surface area contributed by atoms with E-state index in [1.807, 2.05) is 25.7 Å². The molecule has 5 heteroatoms. The third-order valence-corrected chi connectivity index (χ3v) is 2.92. The Bertz CT molecular complexity index is 277. The van der Waals surface area contributed by atoms with Crippen LogP contribution in [0.4, 0.5) is 0 Å². The molecule has 18 heavy (non-hydrogen) atoms. The van der Waals surface area contributed by atoms with Crippen LogP contribution in [0.25, 0.3) is 0 Å². The second kappa shape index (κ2) is 8.08. The third-order valence-electron chi connectivity index (χ3n) is 2.92.